The Balaban J connectivity index is 1.27. The Hall–Kier alpha value is -2.26. The third-order valence-electron chi connectivity index (χ3n) is 15.7. The van der Waals surface area contributed by atoms with Crippen molar-refractivity contribution in [3.63, 3.8) is 0 Å². The lowest BCUT2D eigenvalue weighted by molar-refractivity contribution is -0.293. The zero-order chi connectivity index (χ0) is 36.8. The van der Waals surface area contributed by atoms with Crippen LogP contribution in [0, 0.1) is 50.2 Å². The van der Waals surface area contributed by atoms with Crippen molar-refractivity contribution < 1.29 is 42.9 Å². The molecule has 0 aromatic rings. The van der Waals surface area contributed by atoms with Crippen LogP contribution in [0.25, 0.3) is 0 Å². The lowest BCUT2D eigenvalue weighted by Crippen LogP contribution is -2.67. The number of rotatable bonds is 5. The summed E-state index contributed by atoms with van der Waals surface area (Å²) < 4.78 is 29.5. The molecule has 1 aliphatic heterocycles. The highest BCUT2D eigenvalue weighted by Crippen LogP contribution is 2.75. The maximum atomic E-state index is 14.8. The van der Waals surface area contributed by atoms with Crippen molar-refractivity contribution in [2.45, 2.75) is 164 Å². The summed E-state index contributed by atoms with van der Waals surface area (Å²) in [5.74, 6) is -0.431. The Morgan fingerprint density at radius 1 is 0.860 bits per heavy atom. The second kappa shape index (κ2) is 12.4. The highest BCUT2D eigenvalue weighted by Gasteiger charge is 2.70. The number of carbonyl (C=O) groups is 4. The SMILES string of the molecule is COC(=O)[C@@]1(C)CC[C@]2(C)CC[C@]3(C)C(=CC(=O)[C@@H]4[C@@]5(C)CC[C@H](O[C@H]6C[C@H](OC(C)=O)[C@@H](OC(C)=O)[C@H](C)O6)C(C)(C)[C@@H]5CC[C@]43C)[C@@H]2C1. The van der Waals surface area contributed by atoms with Gasteiger partial charge in [-0.1, -0.05) is 47.1 Å². The first kappa shape index (κ1) is 37.5. The molecule has 0 amide bonds. The number of esters is 3. The molecular formula is C41H62O9. The van der Waals surface area contributed by atoms with Crippen molar-refractivity contribution in [2.75, 3.05) is 7.11 Å². The normalized spacial score (nSPS) is 48.1. The average Bonchev–Trinajstić information content (AvgIpc) is 3.01. The monoisotopic (exact) mass is 698 g/mol. The Morgan fingerprint density at radius 2 is 1.52 bits per heavy atom. The van der Waals surface area contributed by atoms with Crippen LogP contribution in [0.15, 0.2) is 11.6 Å². The van der Waals surface area contributed by atoms with Crippen molar-refractivity contribution in [2.24, 2.45) is 50.2 Å². The van der Waals surface area contributed by atoms with Gasteiger partial charge in [0.05, 0.1) is 24.7 Å². The molecule has 1 saturated heterocycles. The average molecular weight is 699 g/mol. The number of ether oxygens (including phenoxy) is 5. The highest BCUT2D eigenvalue weighted by molar-refractivity contribution is 5.95. The van der Waals surface area contributed by atoms with Crippen LogP contribution in [0.1, 0.15) is 133 Å². The highest BCUT2D eigenvalue weighted by atomic mass is 16.7. The summed E-state index contributed by atoms with van der Waals surface area (Å²) in [5.41, 5.74) is 0.0261. The van der Waals surface area contributed by atoms with Gasteiger partial charge in [0.1, 0.15) is 6.10 Å². The van der Waals surface area contributed by atoms with Gasteiger partial charge in [0.15, 0.2) is 18.2 Å². The molecule has 0 N–H and O–H groups in total. The number of methoxy groups -OCH3 is 1. The molecule has 9 nitrogen and oxygen atoms in total. The van der Waals surface area contributed by atoms with E-state index in [0.717, 1.165) is 57.8 Å². The molecule has 6 aliphatic rings. The molecule has 0 spiro atoms. The molecular weight excluding hydrogens is 636 g/mol. The molecule has 1 heterocycles. The molecule has 0 bridgehead atoms. The van der Waals surface area contributed by atoms with Gasteiger partial charge in [-0.05, 0) is 117 Å². The van der Waals surface area contributed by atoms with Gasteiger partial charge in [0.25, 0.3) is 0 Å². The number of allylic oxidation sites excluding steroid dienone is 2. The summed E-state index contributed by atoms with van der Waals surface area (Å²) in [7, 11) is 1.49. The van der Waals surface area contributed by atoms with Crippen LogP contribution < -0.4 is 0 Å². The molecule has 5 aliphatic carbocycles. The molecule has 0 radical (unpaired) electrons. The molecule has 0 aromatic heterocycles. The quantitative estimate of drug-likeness (QED) is 0.163. The van der Waals surface area contributed by atoms with E-state index in [4.69, 9.17) is 23.7 Å². The first-order valence-electron chi connectivity index (χ1n) is 19.1. The summed E-state index contributed by atoms with van der Waals surface area (Å²) in [4.78, 5) is 51.6. The van der Waals surface area contributed by atoms with E-state index in [1.54, 1.807) is 0 Å². The topological polar surface area (TPSA) is 114 Å². The fourth-order valence-electron chi connectivity index (χ4n) is 12.8. The summed E-state index contributed by atoms with van der Waals surface area (Å²) >= 11 is 0. The molecule has 280 valence electrons. The van der Waals surface area contributed by atoms with E-state index in [1.165, 1.54) is 26.5 Å². The Kier molecular flexibility index (Phi) is 9.31. The van der Waals surface area contributed by atoms with E-state index < -0.39 is 42.0 Å². The summed E-state index contributed by atoms with van der Waals surface area (Å²) in [5, 5.41) is 0. The van der Waals surface area contributed by atoms with Crippen molar-refractivity contribution in [3.05, 3.63) is 11.6 Å². The molecule has 0 aromatic carbocycles. The third-order valence-corrected chi connectivity index (χ3v) is 15.7. The van der Waals surface area contributed by atoms with Crippen molar-refractivity contribution >= 4 is 23.7 Å². The standard InChI is InChI=1S/C41H62O9/c1-23-33(49-25(3)43)29(48-24(2)42)21-32(47-23)50-31-13-14-39(8)30(36(31,4)5)12-15-41(10)34(39)28(44)20-26-27-22-38(7,35(45)46-11)17-16-37(27,6)18-19-40(26,41)9/h20,23,27,29-34H,12-19,21-22H2,1-11H3/t23-,27-,29-,30-,31-,32-,33-,34+,37+,38-,39-,40+,41+/m0/s1. The second-order valence-corrected chi connectivity index (χ2v) is 19.0. The maximum Gasteiger partial charge on any atom is 0.311 e. The first-order valence-corrected chi connectivity index (χ1v) is 19.1. The molecule has 4 saturated carbocycles. The zero-order valence-electron chi connectivity index (χ0n) is 32.4. The maximum absolute atomic E-state index is 14.8. The minimum atomic E-state index is -0.702. The van der Waals surface area contributed by atoms with Gasteiger partial charge in [-0.15, -0.1) is 0 Å². The predicted molar refractivity (Wildman–Crippen MR) is 186 cm³/mol. The summed E-state index contributed by atoms with van der Waals surface area (Å²) in [6, 6.07) is 0. The number of hydrogen-bond donors (Lipinski definition) is 0. The van der Waals surface area contributed by atoms with Crippen molar-refractivity contribution in [1.82, 2.24) is 0 Å². The van der Waals surface area contributed by atoms with Crippen LogP contribution in [0.5, 0.6) is 0 Å². The fourth-order valence-corrected chi connectivity index (χ4v) is 12.8. The summed E-state index contributed by atoms with van der Waals surface area (Å²) in [6.45, 7) is 20.8. The molecule has 0 unspecified atom stereocenters. The minimum absolute atomic E-state index is 0.0756. The van der Waals surface area contributed by atoms with Crippen molar-refractivity contribution in [3.8, 4) is 0 Å². The van der Waals surface area contributed by atoms with E-state index in [9.17, 15) is 19.2 Å². The van der Waals surface area contributed by atoms with Gasteiger partial charge >= 0.3 is 17.9 Å². The van der Waals surface area contributed by atoms with Crippen LogP contribution in [0.4, 0.5) is 0 Å². The van der Waals surface area contributed by atoms with Gasteiger partial charge in [-0.25, -0.2) is 0 Å². The van der Waals surface area contributed by atoms with Gasteiger partial charge in [-0.3, -0.25) is 19.2 Å². The number of hydrogen-bond acceptors (Lipinski definition) is 9. The predicted octanol–water partition coefficient (Wildman–Crippen LogP) is 7.52. The third kappa shape index (κ3) is 5.61. The van der Waals surface area contributed by atoms with Crippen LogP contribution >= 0.6 is 0 Å². The van der Waals surface area contributed by atoms with Gasteiger partial charge in [0.2, 0.25) is 0 Å². The Morgan fingerprint density at radius 3 is 2.16 bits per heavy atom. The number of ketones is 1. The molecule has 50 heavy (non-hydrogen) atoms. The number of carbonyl (C=O) groups excluding carboxylic acids is 4. The van der Waals surface area contributed by atoms with Crippen LogP contribution in [0.2, 0.25) is 0 Å². The van der Waals surface area contributed by atoms with E-state index in [-0.39, 0.29) is 69.1 Å². The van der Waals surface area contributed by atoms with E-state index in [1.807, 2.05) is 6.92 Å². The lowest BCUT2D eigenvalue weighted by atomic mass is 9.33. The van der Waals surface area contributed by atoms with Gasteiger partial charge in [-0.2, -0.15) is 0 Å². The van der Waals surface area contributed by atoms with Crippen LogP contribution in [-0.2, 0) is 42.9 Å². The first-order chi connectivity index (χ1) is 23.1. The van der Waals surface area contributed by atoms with Gasteiger partial charge < -0.3 is 23.7 Å². The molecule has 6 rings (SSSR count). The largest absolute Gasteiger partial charge is 0.469 e. The molecule has 13 atom stereocenters. The molecule has 9 heteroatoms. The minimum Gasteiger partial charge on any atom is -0.469 e. The van der Waals surface area contributed by atoms with Gasteiger partial charge in [0, 0.05) is 26.2 Å². The fraction of sp³-hybridized carbons (Fsp3) is 0.854. The Bertz CT molecular complexity index is 1450. The zero-order valence-corrected chi connectivity index (χ0v) is 32.4. The summed E-state index contributed by atoms with van der Waals surface area (Å²) in [6.07, 6.45) is 8.02. The molecule has 5 fully saturated rings. The smallest absolute Gasteiger partial charge is 0.311 e. The van der Waals surface area contributed by atoms with E-state index in [0.29, 0.717) is 0 Å². The second-order valence-electron chi connectivity index (χ2n) is 19.0. The Labute approximate surface area is 299 Å². The van der Waals surface area contributed by atoms with Crippen LogP contribution in [-0.4, -0.2) is 61.5 Å². The lowest BCUT2D eigenvalue weighted by Gasteiger charge is -2.70. The van der Waals surface area contributed by atoms with Crippen molar-refractivity contribution in [1.29, 1.82) is 0 Å². The van der Waals surface area contributed by atoms with Crippen LogP contribution in [0.3, 0.4) is 0 Å². The number of fused-ring (bicyclic) bond motifs is 7. The van der Waals surface area contributed by atoms with E-state index >= 15 is 0 Å². The van der Waals surface area contributed by atoms with E-state index in [2.05, 4.69) is 54.5 Å².